The number of esters is 1. The van der Waals surface area contributed by atoms with Gasteiger partial charge in [-0.3, -0.25) is 4.79 Å². The molecule has 4 rings (SSSR count). The number of hydrogen-bond acceptors (Lipinski definition) is 6. The molecule has 1 aromatic heterocycles. The predicted molar refractivity (Wildman–Crippen MR) is 109 cm³/mol. The van der Waals surface area contributed by atoms with Crippen LogP contribution in [-0.4, -0.2) is 58.3 Å². The van der Waals surface area contributed by atoms with Gasteiger partial charge < -0.3 is 19.5 Å². The lowest BCUT2D eigenvalue weighted by Gasteiger charge is -2.32. The summed E-state index contributed by atoms with van der Waals surface area (Å²) >= 11 is 0. The predicted octanol–water partition coefficient (Wildman–Crippen LogP) is 1.54. The molecule has 156 valence electrons. The van der Waals surface area contributed by atoms with Crippen LogP contribution in [0.1, 0.15) is 46.3 Å². The van der Waals surface area contributed by atoms with Crippen molar-refractivity contribution in [2.75, 3.05) is 26.7 Å². The van der Waals surface area contributed by atoms with Crippen molar-refractivity contribution in [1.82, 2.24) is 25.0 Å². The number of aromatic nitrogens is 3. The summed E-state index contributed by atoms with van der Waals surface area (Å²) in [5.74, 6) is 2.13. The second-order valence-electron chi connectivity index (χ2n) is 7.33. The lowest BCUT2D eigenvalue weighted by Crippen LogP contribution is -2.39. The van der Waals surface area contributed by atoms with E-state index in [9.17, 15) is 9.59 Å². The second-order valence-corrected chi connectivity index (χ2v) is 7.33. The molecule has 0 spiro atoms. The van der Waals surface area contributed by atoms with E-state index in [2.05, 4.69) is 20.1 Å². The SMILES string of the molecule is COC(=O)c1cccc(CC(=O)N2CCC(c3nnc4n3CCNC4)CC2)c1.Cl. The van der Waals surface area contributed by atoms with Gasteiger partial charge in [-0.2, -0.15) is 0 Å². The summed E-state index contributed by atoms with van der Waals surface area (Å²) in [4.78, 5) is 26.3. The number of carbonyl (C=O) groups excluding carboxylic acids is 2. The highest BCUT2D eigenvalue weighted by Crippen LogP contribution is 2.28. The molecule has 0 bridgehead atoms. The molecule has 2 aliphatic rings. The fraction of sp³-hybridized carbons (Fsp3) is 0.500. The molecule has 0 radical (unpaired) electrons. The number of halogens is 1. The zero-order valence-corrected chi connectivity index (χ0v) is 17.3. The van der Waals surface area contributed by atoms with Gasteiger partial charge in [-0.25, -0.2) is 4.79 Å². The minimum absolute atomic E-state index is 0. The normalized spacial score (nSPS) is 16.7. The van der Waals surface area contributed by atoms with Crippen molar-refractivity contribution in [3.05, 3.63) is 47.0 Å². The number of benzene rings is 1. The van der Waals surface area contributed by atoms with Crippen LogP contribution >= 0.6 is 12.4 Å². The molecule has 1 N–H and O–H groups in total. The van der Waals surface area contributed by atoms with Gasteiger partial charge in [-0.15, -0.1) is 22.6 Å². The topological polar surface area (TPSA) is 89.4 Å². The number of carbonyl (C=O) groups is 2. The molecule has 0 saturated carbocycles. The van der Waals surface area contributed by atoms with Crippen molar-refractivity contribution in [3.8, 4) is 0 Å². The van der Waals surface area contributed by atoms with E-state index < -0.39 is 0 Å². The van der Waals surface area contributed by atoms with E-state index in [1.54, 1.807) is 18.2 Å². The average Bonchev–Trinajstić information content (AvgIpc) is 3.17. The number of nitrogens with one attached hydrogen (secondary N) is 1. The maximum absolute atomic E-state index is 12.7. The summed E-state index contributed by atoms with van der Waals surface area (Å²) in [7, 11) is 1.35. The Kier molecular flexibility index (Phi) is 6.87. The Morgan fingerprint density at radius 3 is 2.76 bits per heavy atom. The smallest absolute Gasteiger partial charge is 0.337 e. The lowest BCUT2D eigenvalue weighted by atomic mass is 9.95. The minimum Gasteiger partial charge on any atom is -0.465 e. The third kappa shape index (κ3) is 4.59. The molecule has 0 unspecified atom stereocenters. The van der Waals surface area contributed by atoms with Crippen molar-refractivity contribution in [2.24, 2.45) is 0 Å². The Bertz CT molecular complexity index is 877. The van der Waals surface area contributed by atoms with Crippen LogP contribution in [0.3, 0.4) is 0 Å². The van der Waals surface area contributed by atoms with Gasteiger partial charge >= 0.3 is 5.97 Å². The molecular weight excluding hydrogens is 394 g/mol. The van der Waals surface area contributed by atoms with Crippen molar-refractivity contribution < 1.29 is 14.3 Å². The first-order valence-electron chi connectivity index (χ1n) is 9.73. The van der Waals surface area contributed by atoms with Gasteiger partial charge in [-0.1, -0.05) is 12.1 Å². The van der Waals surface area contributed by atoms with Crippen LogP contribution in [0.2, 0.25) is 0 Å². The molecule has 2 aliphatic heterocycles. The standard InChI is InChI=1S/C20H25N5O3.ClH/c1-28-20(27)16-4-2-3-14(11-16)12-18(26)24-8-5-15(6-9-24)19-23-22-17-13-21-7-10-25(17)19;/h2-4,11,15,21H,5-10,12-13H2,1H3;1H. The first kappa shape index (κ1) is 21.3. The zero-order chi connectivity index (χ0) is 19.5. The largest absolute Gasteiger partial charge is 0.465 e. The zero-order valence-electron chi connectivity index (χ0n) is 16.5. The first-order valence-corrected chi connectivity index (χ1v) is 9.73. The maximum atomic E-state index is 12.7. The average molecular weight is 420 g/mol. The number of ether oxygens (including phenoxy) is 1. The molecule has 9 heteroatoms. The first-order chi connectivity index (χ1) is 13.7. The second kappa shape index (κ2) is 9.37. The monoisotopic (exact) mass is 419 g/mol. The maximum Gasteiger partial charge on any atom is 0.337 e. The number of methoxy groups -OCH3 is 1. The van der Waals surface area contributed by atoms with Crippen LogP contribution in [0.15, 0.2) is 24.3 Å². The number of fused-ring (bicyclic) bond motifs is 1. The van der Waals surface area contributed by atoms with Gasteiger partial charge in [0, 0.05) is 32.1 Å². The summed E-state index contributed by atoms with van der Waals surface area (Å²) < 4.78 is 6.98. The van der Waals surface area contributed by atoms with E-state index in [-0.39, 0.29) is 24.3 Å². The van der Waals surface area contributed by atoms with E-state index in [0.29, 0.717) is 17.9 Å². The Labute approximate surface area is 176 Å². The van der Waals surface area contributed by atoms with Gasteiger partial charge in [0.05, 0.1) is 25.6 Å². The van der Waals surface area contributed by atoms with Crippen LogP contribution in [0.4, 0.5) is 0 Å². The fourth-order valence-corrected chi connectivity index (χ4v) is 4.02. The van der Waals surface area contributed by atoms with Crippen LogP contribution < -0.4 is 5.32 Å². The number of likely N-dealkylation sites (tertiary alicyclic amines) is 1. The highest BCUT2D eigenvalue weighted by Gasteiger charge is 2.28. The molecule has 8 nitrogen and oxygen atoms in total. The number of hydrogen-bond donors (Lipinski definition) is 1. The van der Waals surface area contributed by atoms with E-state index in [1.807, 2.05) is 11.0 Å². The number of piperidine rings is 1. The van der Waals surface area contributed by atoms with Crippen LogP contribution in [0.5, 0.6) is 0 Å². The molecule has 0 atom stereocenters. The Balaban J connectivity index is 0.00000240. The summed E-state index contributed by atoms with van der Waals surface area (Å²) in [6.45, 7) is 4.07. The van der Waals surface area contributed by atoms with Crippen LogP contribution in [-0.2, 0) is 29.0 Å². The molecule has 2 aromatic rings. The van der Waals surface area contributed by atoms with E-state index in [4.69, 9.17) is 4.74 Å². The summed E-state index contributed by atoms with van der Waals surface area (Å²) in [6, 6.07) is 7.07. The number of nitrogens with zero attached hydrogens (tertiary/aromatic N) is 4. The highest BCUT2D eigenvalue weighted by atomic mass is 35.5. The highest BCUT2D eigenvalue weighted by molar-refractivity contribution is 5.90. The van der Waals surface area contributed by atoms with Crippen LogP contribution in [0, 0.1) is 0 Å². The van der Waals surface area contributed by atoms with Gasteiger partial charge in [0.2, 0.25) is 5.91 Å². The molecule has 0 aliphatic carbocycles. The van der Waals surface area contributed by atoms with Gasteiger partial charge in [0.1, 0.15) is 11.6 Å². The van der Waals surface area contributed by atoms with Crippen molar-refractivity contribution in [1.29, 1.82) is 0 Å². The van der Waals surface area contributed by atoms with Gasteiger partial charge in [0.15, 0.2) is 0 Å². The van der Waals surface area contributed by atoms with Crippen molar-refractivity contribution in [3.63, 3.8) is 0 Å². The number of rotatable bonds is 4. The van der Waals surface area contributed by atoms with E-state index >= 15 is 0 Å². The third-order valence-corrected chi connectivity index (χ3v) is 5.57. The molecule has 1 aromatic carbocycles. The number of amides is 1. The van der Waals surface area contributed by atoms with E-state index in [1.165, 1.54) is 7.11 Å². The molecule has 1 amide bonds. The summed E-state index contributed by atoms with van der Waals surface area (Å²) in [5.41, 5.74) is 1.30. The molecule has 1 fully saturated rings. The Morgan fingerprint density at radius 1 is 1.21 bits per heavy atom. The Hall–Kier alpha value is -2.45. The fourth-order valence-electron chi connectivity index (χ4n) is 4.02. The lowest BCUT2D eigenvalue weighted by molar-refractivity contribution is -0.131. The van der Waals surface area contributed by atoms with Gasteiger partial charge in [-0.05, 0) is 30.5 Å². The summed E-state index contributed by atoms with van der Waals surface area (Å²) in [5, 5.41) is 12.0. The Morgan fingerprint density at radius 2 is 2.00 bits per heavy atom. The van der Waals surface area contributed by atoms with Gasteiger partial charge in [0.25, 0.3) is 0 Å². The minimum atomic E-state index is -0.387. The van der Waals surface area contributed by atoms with Crippen LogP contribution in [0.25, 0.3) is 0 Å². The third-order valence-electron chi connectivity index (χ3n) is 5.57. The molecule has 1 saturated heterocycles. The van der Waals surface area contributed by atoms with Crippen molar-refractivity contribution >= 4 is 24.3 Å². The van der Waals surface area contributed by atoms with E-state index in [0.717, 1.165) is 62.8 Å². The summed E-state index contributed by atoms with van der Waals surface area (Å²) in [6.07, 6.45) is 2.10. The van der Waals surface area contributed by atoms with Crippen molar-refractivity contribution in [2.45, 2.75) is 38.3 Å². The quantitative estimate of drug-likeness (QED) is 0.756. The molecule has 3 heterocycles. The molecule has 29 heavy (non-hydrogen) atoms. The molecular formula is C20H26ClN5O3.